The average molecular weight is 517 g/mol. The van der Waals surface area contributed by atoms with Gasteiger partial charge in [0.15, 0.2) is 0 Å². The molecule has 2 aliphatic rings. The summed E-state index contributed by atoms with van der Waals surface area (Å²) in [6.07, 6.45) is 1.99. The van der Waals surface area contributed by atoms with E-state index in [0.717, 1.165) is 43.7 Å². The van der Waals surface area contributed by atoms with Crippen LogP contribution in [0.1, 0.15) is 46.1 Å². The maximum absolute atomic E-state index is 11.0. The Morgan fingerprint density at radius 2 is 1.82 bits per heavy atom. The van der Waals surface area contributed by atoms with Crippen LogP contribution in [0.25, 0.3) is 0 Å². The van der Waals surface area contributed by atoms with Crippen molar-refractivity contribution in [1.29, 1.82) is 0 Å². The number of hydrogen-bond donors (Lipinski definition) is 1. The molecule has 1 atom stereocenters. The lowest BCUT2D eigenvalue weighted by Gasteiger charge is -2.38. The van der Waals surface area contributed by atoms with Crippen molar-refractivity contribution in [2.45, 2.75) is 38.4 Å². The summed E-state index contributed by atoms with van der Waals surface area (Å²) in [5, 5.41) is 13.2. The van der Waals surface area contributed by atoms with E-state index in [9.17, 15) is 4.79 Å². The standard InChI is InChI=1S/C29H32N4O5/c1-20-23(10-13-27(30-20)38-25-11-8-22(9-12-25)28(34)35)18-32-16-14-24(15-17-32)33-26(19-37-29(33)31-36-2)21-6-4-3-5-7-21/h3-13,24,26H,14-19H2,1-2H3,(H,34,35)/b31-29-/t26-/m0/s1. The highest BCUT2D eigenvalue weighted by molar-refractivity contribution is 5.87. The zero-order valence-corrected chi connectivity index (χ0v) is 21.6. The molecule has 198 valence electrons. The van der Waals surface area contributed by atoms with Gasteiger partial charge in [-0.3, -0.25) is 4.90 Å². The fraction of sp³-hybridized carbons (Fsp3) is 0.345. The summed E-state index contributed by atoms with van der Waals surface area (Å²) >= 11 is 0. The molecule has 2 saturated heterocycles. The van der Waals surface area contributed by atoms with Gasteiger partial charge in [-0.05, 0) is 60.3 Å². The normalized spacial score (nSPS) is 19.4. The summed E-state index contributed by atoms with van der Waals surface area (Å²) in [6, 6.07) is 21.6. The maximum atomic E-state index is 11.0. The van der Waals surface area contributed by atoms with Crippen LogP contribution in [0, 0.1) is 6.92 Å². The van der Waals surface area contributed by atoms with Crippen LogP contribution in [-0.4, -0.2) is 64.7 Å². The summed E-state index contributed by atoms with van der Waals surface area (Å²) in [7, 11) is 1.55. The molecule has 0 aliphatic carbocycles. The Balaban J connectivity index is 1.20. The molecule has 0 unspecified atom stereocenters. The third-order valence-corrected chi connectivity index (χ3v) is 7.12. The number of oxime groups is 1. The molecule has 2 fully saturated rings. The van der Waals surface area contributed by atoms with Gasteiger partial charge >= 0.3 is 12.0 Å². The van der Waals surface area contributed by atoms with Gasteiger partial charge in [-0.1, -0.05) is 36.4 Å². The Hall–Kier alpha value is -4.11. The number of benzene rings is 2. The van der Waals surface area contributed by atoms with Crippen molar-refractivity contribution in [3.63, 3.8) is 0 Å². The van der Waals surface area contributed by atoms with Gasteiger partial charge in [0.2, 0.25) is 5.88 Å². The van der Waals surface area contributed by atoms with Crippen molar-refractivity contribution in [1.82, 2.24) is 14.8 Å². The number of hydrogen-bond acceptors (Lipinski definition) is 7. The van der Waals surface area contributed by atoms with Crippen molar-refractivity contribution in [2.75, 3.05) is 26.8 Å². The Morgan fingerprint density at radius 3 is 2.47 bits per heavy atom. The Bertz CT molecular complexity index is 1270. The lowest BCUT2D eigenvalue weighted by molar-refractivity contribution is 0.0697. The van der Waals surface area contributed by atoms with Crippen LogP contribution in [0.2, 0.25) is 0 Å². The molecule has 38 heavy (non-hydrogen) atoms. The second kappa shape index (κ2) is 11.5. The fourth-order valence-electron chi connectivity index (χ4n) is 5.11. The van der Waals surface area contributed by atoms with Gasteiger partial charge in [0, 0.05) is 37.4 Å². The number of carboxylic acids is 1. The van der Waals surface area contributed by atoms with Crippen molar-refractivity contribution in [3.05, 3.63) is 89.1 Å². The number of aromatic nitrogens is 1. The van der Waals surface area contributed by atoms with E-state index < -0.39 is 5.97 Å². The quantitative estimate of drug-likeness (QED) is 0.425. The van der Waals surface area contributed by atoms with E-state index in [1.165, 1.54) is 17.7 Å². The fourth-order valence-corrected chi connectivity index (χ4v) is 5.11. The Kier molecular flexibility index (Phi) is 7.74. The largest absolute Gasteiger partial charge is 0.478 e. The topological polar surface area (TPSA) is 96.7 Å². The second-order valence-electron chi connectivity index (χ2n) is 9.53. The number of aryl methyl sites for hydroxylation is 1. The summed E-state index contributed by atoms with van der Waals surface area (Å²) in [4.78, 5) is 25.5. The SMILES string of the molecule is CO/N=C1\OC[C@@H](c2ccccc2)N1C1CCN(Cc2ccc(Oc3ccc(C(=O)O)cc3)nc2C)CC1. The molecular formula is C29H32N4O5. The number of carboxylic acid groups (broad SMARTS) is 1. The predicted molar refractivity (Wildman–Crippen MR) is 142 cm³/mol. The second-order valence-corrected chi connectivity index (χ2v) is 9.53. The van der Waals surface area contributed by atoms with Gasteiger partial charge in [0.25, 0.3) is 0 Å². The first kappa shape index (κ1) is 25.5. The van der Waals surface area contributed by atoms with Crippen LogP contribution in [0.5, 0.6) is 11.6 Å². The number of amidine groups is 1. The molecule has 5 rings (SSSR count). The monoisotopic (exact) mass is 516 g/mol. The third kappa shape index (κ3) is 5.73. The first-order chi connectivity index (χ1) is 18.5. The van der Waals surface area contributed by atoms with E-state index >= 15 is 0 Å². The van der Waals surface area contributed by atoms with E-state index in [1.807, 2.05) is 19.1 Å². The van der Waals surface area contributed by atoms with Crippen molar-refractivity contribution < 1.29 is 24.2 Å². The summed E-state index contributed by atoms with van der Waals surface area (Å²) in [5.74, 6) is 0.0685. The molecule has 1 aromatic heterocycles. The number of piperidine rings is 1. The highest BCUT2D eigenvalue weighted by Gasteiger charge is 2.39. The lowest BCUT2D eigenvalue weighted by atomic mass is 9.98. The van der Waals surface area contributed by atoms with E-state index in [0.29, 0.717) is 30.3 Å². The van der Waals surface area contributed by atoms with Crippen molar-refractivity contribution in [2.24, 2.45) is 5.16 Å². The van der Waals surface area contributed by atoms with E-state index in [-0.39, 0.29) is 11.6 Å². The van der Waals surface area contributed by atoms with Gasteiger partial charge in [-0.25, -0.2) is 9.78 Å². The van der Waals surface area contributed by atoms with E-state index in [2.05, 4.69) is 50.3 Å². The molecule has 9 heteroatoms. The first-order valence-corrected chi connectivity index (χ1v) is 12.8. The molecule has 0 radical (unpaired) electrons. The van der Waals surface area contributed by atoms with Crippen LogP contribution in [-0.2, 0) is 16.1 Å². The van der Waals surface area contributed by atoms with Gasteiger partial charge in [-0.2, -0.15) is 0 Å². The van der Waals surface area contributed by atoms with Crippen LogP contribution < -0.4 is 4.74 Å². The molecular weight excluding hydrogens is 484 g/mol. The zero-order chi connectivity index (χ0) is 26.5. The zero-order valence-electron chi connectivity index (χ0n) is 21.6. The smallest absolute Gasteiger partial charge is 0.335 e. The number of likely N-dealkylation sites (tertiary alicyclic amines) is 1. The Labute approximate surface area is 222 Å². The molecule has 9 nitrogen and oxygen atoms in total. The maximum Gasteiger partial charge on any atom is 0.335 e. The van der Waals surface area contributed by atoms with Gasteiger partial charge in [0.05, 0.1) is 11.6 Å². The van der Waals surface area contributed by atoms with Gasteiger partial charge in [0.1, 0.15) is 19.5 Å². The predicted octanol–water partition coefficient (Wildman–Crippen LogP) is 4.84. The average Bonchev–Trinajstić information content (AvgIpc) is 3.35. The minimum atomic E-state index is -0.966. The minimum absolute atomic E-state index is 0.126. The van der Waals surface area contributed by atoms with Crippen LogP contribution in [0.3, 0.4) is 0 Å². The van der Waals surface area contributed by atoms with Gasteiger partial charge < -0.3 is 24.3 Å². The molecule has 0 spiro atoms. The lowest BCUT2D eigenvalue weighted by Crippen LogP contribution is -2.46. The number of pyridine rings is 1. The summed E-state index contributed by atoms with van der Waals surface area (Å²) in [6.45, 7) is 5.28. The Morgan fingerprint density at radius 1 is 1.08 bits per heavy atom. The van der Waals surface area contributed by atoms with E-state index in [4.69, 9.17) is 19.4 Å². The number of aromatic carboxylic acids is 1. The van der Waals surface area contributed by atoms with Crippen LogP contribution >= 0.6 is 0 Å². The molecule has 0 saturated carbocycles. The highest BCUT2D eigenvalue weighted by atomic mass is 16.6. The number of nitrogens with zero attached hydrogens (tertiary/aromatic N) is 4. The molecule has 0 amide bonds. The third-order valence-electron chi connectivity index (χ3n) is 7.12. The minimum Gasteiger partial charge on any atom is -0.478 e. The van der Waals surface area contributed by atoms with Crippen LogP contribution in [0.4, 0.5) is 0 Å². The highest BCUT2D eigenvalue weighted by Crippen LogP contribution is 2.33. The van der Waals surface area contributed by atoms with E-state index in [1.54, 1.807) is 19.2 Å². The summed E-state index contributed by atoms with van der Waals surface area (Å²) < 4.78 is 11.8. The van der Waals surface area contributed by atoms with Crippen LogP contribution in [0.15, 0.2) is 71.9 Å². The summed E-state index contributed by atoms with van der Waals surface area (Å²) in [5.41, 5.74) is 3.51. The molecule has 1 N–H and O–H groups in total. The molecule has 2 aliphatic heterocycles. The number of ether oxygens (including phenoxy) is 2. The first-order valence-electron chi connectivity index (χ1n) is 12.8. The molecule has 3 heterocycles. The van der Waals surface area contributed by atoms with Crippen molar-refractivity contribution >= 4 is 12.0 Å². The number of rotatable bonds is 8. The molecule has 3 aromatic rings. The molecule has 2 aromatic carbocycles. The number of carbonyl (C=O) groups is 1. The van der Waals surface area contributed by atoms with Gasteiger partial charge in [-0.15, -0.1) is 0 Å². The van der Waals surface area contributed by atoms with Crippen molar-refractivity contribution in [3.8, 4) is 11.6 Å². The molecule has 0 bridgehead atoms.